The molecule has 2 aliphatic heterocycles. The molecule has 2 fully saturated rings. The Balaban J connectivity index is 1.38. The number of fused-ring (bicyclic) bond motifs is 1. The van der Waals surface area contributed by atoms with E-state index in [2.05, 4.69) is 27.2 Å². The van der Waals surface area contributed by atoms with Crippen LogP contribution in [0, 0.1) is 0 Å². The Hall–Kier alpha value is -1.36. The van der Waals surface area contributed by atoms with Gasteiger partial charge in [-0.05, 0) is 19.0 Å². The first kappa shape index (κ1) is 13.3. The molecule has 0 spiro atoms. The summed E-state index contributed by atoms with van der Waals surface area (Å²) in [4.78, 5) is 5.21. The minimum absolute atomic E-state index is 0.766. The summed E-state index contributed by atoms with van der Waals surface area (Å²) in [6.07, 6.45) is 3.24. The smallest absolute Gasteiger partial charge is 0.134 e. The van der Waals surface area contributed by atoms with Gasteiger partial charge in [-0.15, -0.1) is 0 Å². The lowest BCUT2D eigenvalue weighted by atomic mass is 10.1. The Morgan fingerprint density at radius 2 is 2.00 bits per heavy atom. The van der Waals surface area contributed by atoms with Crippen LogP contribution in [-0.4, -0.2) is 55.1 Å². The van der Waals surface area contributed by atoms with Crippen LogP contribution in [0.1, 0.15) is 12.0 Å². The maximum absolute atomic E-state index is 5.65. The van der Waals surface area contributed by atoms with Crippen molar-refractivity contribution in [2.24, 2.45) is 0 Å². The van der Waals surface area contributed by atoms with Gasteiger partial charge in [0.1, 0.15) is 5.58 Å². The standard InChI is InChI=1S/C17H23N3O/c1-2-4-17-16(3-1)14(13-21-17)12-19-7-9-20(10-8-19)15-5-6-18-11-15/h1-4,13,15,18H,5-12H2. The second kappa shape index (κ2) is 5.79. The fourth-order valence-corrected chi connectivity index (χ4v) is 3.63. The van der Waals surface area contributed by atoms with Crippen molar-refractivity contribution >= 4 is 11.0 Å². The number of rotatable bonds is 3. The average molecular weight is 285 g/mol. The SMILES string of the molecule is c1ccc2c(CN3CCN(C4CCNC4)CC3)coc2c1. The Labute approximate surface area is 125 Å². The third-order valence-electron chi connectivity index (χ3n) is 4.91. The number of nitrogens with zero attached hydrogens (tertiary/aromatic N) is 2. The summed E-state index contributed by atoms with van der Waals surface area (Å²) < 4.78 is 5.65. The molecule has 1 unspecified atom stereocenters. The zero-order valence-electron chi connectivity index (χ0n) is 12.4. The lowest BCUT2D eigenvalue weighted by Gasteiger charge is -2.37. The molecule has 2 aromatic rings. The Morgan fingerprint density at radius 1 is 1.14 bits per heavy atom. The summed E-state index contributed by atoms with van der Waals surface area (Å²) in [6.45, 7) is 8.09. The van der Waals surface area contributed by atoms with Crippen LogP contribution in [-0.2, 0) is 6.54 Å². The van der Waals surface area contributed by atoms with Crippen LogP contribution in [0.25, 0.3) is 11.0 Å². The number of hydrogen-bond donors (Lipinski definition) is 1. The van der Waals surface area contributed by atoms with Gasteiger partial charge >= 0.3 is 0 Å². The van der Waals surface area contributed by atoms with Crippen molar-refractivity contribution in [3.8, 4) is 0 Å². The number of piperazine rings is 1. The average Bonchev–Trinajstić information content (AvgIpc) is 3.19. The molecule has 0 radical (unpaired) electrons. The summed E-state index contributed by atoms with van der Waals surface area (Å²) in [5.74, 6) is 0. The predicted octanol–water partition coefficient (Wildman–Crippen LogP) is 1.91. The molecule has 0 saturated carbocycles. The molecule has 1 aromatic heterocycles. The number of benzene rings is 1. The van der Waals surface area contributed by atoms with Crippen LogP contribution >= 0.6 is 0 Å². The summed E-state index contributed by atoms with van der Waals surface area (Å²) in [5, 5.41) is 4.73. The number of furan rings is 1. The second-order valence-electron chi connectivity index (χ2n) is 6.22. The van der Waals surface area contributed by atoms with Gasteiger partial charge in [0.25, 0.3) is 0 Å². The van der Waals surface area contributed by atoms with E-state index in [1.807, 2.05) is 18.4 Å². The van der Waals surface area contributed by atoms with Gasteiger partial charge in [0, 0.05) is 56.3 Å². The van der Waals surface area contributed by atoms with Crippen LogP contribution in [0.3, 0.4) is 0 Å². The van der Waals surface area contributed by atoms with E-state index in [0.717, 1.165) is 31.3 Å². The molecular weight excluding hydrogens is 262 g/mol. The third-order valence-corrected chi connectivity index (χ3v) is 4.91. The van der Waals surface area contributed by atoms with Gasteiger partial charge in [0.05, 0.1) is 6.26 Å². The third kappa shape index (κ3) is 2.71. The van der Waals surface area contributed by atoms with E-state index in [1.54, 1.807) is 0 Å². The quantitative estimate of drug-likeness (QED) is 0.933. The highest BCUT2D eigenvalue weighted by atomic mass is 16.3. The normalized spacial score (nSPS) is 24.9. The van der Waals surface area contributed by atoms with Crippen molar-refractivity contribution in [1.29, 1.82) is 0 Å². The first-order valence-corrected chi connectivity index (χ1v) is 8.02. The molecule has 1 atom stereocenters. The Bertz CT molecular complexity index is 595. The largest absolute Gasteiger partial charge is 0.464 e. The summed E-state index contributed by atoms with van der Waals surface area (Å²) >= 11 is 0. The van der Waals surface area contributed by atoms with Crippen LogP contribution in [0.5, 0.6) is 0 Å². The zero-order chi connectivity index (χ0) is 14.1. The molecule has 2 aliphatic rings. The zero-order valence-corrected chi connectivity index (χ0v) is 12.4. The molecule has 3 heterocycles. The van der Waals surface area contributed by atoms with Crippen LogP contribution in [0.4, 0.5) is 0 Å². The van der Waals surface area contributed by atoms with Gasteiger partial charge in [-0.3, -0.25) is 9.80 Å². The van der Waals surface area contributed by atoms with Crippen molar-refractivity contribution in [2.45, 2.75) is 19.0 Å². The first-order valence-electron chi connectivity index (χ1n) is 8.02. The van der Waals surface area contributed by atoms with Crippen molar-refractivity contribution in [3.63, 3.8) is 0 Å². The lowest BCUT2D eigenvalue weighted by Crippen LogP contribution is -2.50. The van der Waals surface area contributed by atoms with Gasteiger partial charge in [0.2, 0.25) is 0 Å². The number of para-hydroxylation sites is 1. The lowest BCUT2D eigenvalue weighted by molar-refractivity contribution is 0.0982. The van der Waals surface area contributed by atoms with E-state index in [9.17, 15) is 0 Å². The molecule has 0 aliphatic carbocycles. The second-order valence-corrected chi connectivity index (χ2v) is 6.22. The van der Waals surface area contributed by atoms with Gasteiger partial charge in [-0.1, -0.05) is 18.2 Å². The highest BCUT2D eigenvalue weighted by Gasteiger charge is 2.26. The van der Waals surface area contributed by atoms with Crippen molar-refractivity contribution in [3.05, 3.63) is 36.1 Å². The van der Waals surface area contributed by atoms with Crippen LogP contribution in [0.15, 0.2) is 34.9 Å². The molecule has 4 nitrogen and oxygen atoms in total. The first-order chi connectivity index (χ1) is 10.4. The van der Waals surface area contributed by atoms with E-state index < -0.39 is 0 Å². The molecule has 0 bridgehead atoms. The van der Waals surface area contributed by atoms with Crippen molar-refractivity contribution < 1.29 is 4.42 Å². The highest BCUT2D eigenvalue weighted by Crippen LogP contribution is 2.23. The van der Waals surface area contributed by atoms with Crippen LogP contribution in [0.2, 0.25) is 0 Å². The molecule has 0 amide bonds. The molecular formula is C17H23N3O. The van der Waals surface area contributed by atoms with Gasteiger partial charge in [-0.2, -0.15) is 0 Å². The van der Waals surface area contributed by atoms with Gasteiger partial charge < -0.3 is 9.73 Å². The van der Waals surface area contributed by atoms with Gasteiger partial charge in [-0.25, -0.2) is 0 Å². The Morgan fingerprint density at radius 3 is 2.81 bits per heavy atom. The summed E-state index contributed by atoms with van der Waals surface area (Å²) in [5.41, 5.74) is 2.32. The molecule has 1 N–H and O–H groups in total. The van der Waals surface area contributed by atoms with Gasteiger partial charge in [0.15, 0.2) is 0 Å². The highest BCUT2D eigenvalue weighted by molar-refractivity contribution is 5.80. The molecule has 21 heavy (non-hydrogen) atoms. The fraction of sp³-hybridized carbons (Fsp3) is 0.529. The Kier molecular flexibility index (Phi) is 3.67. The van der Waals surface area contributed by atoms with E-state index >= 15 is 0 Å². The maximum Gasteiger partial charge on any atom is 0.134 e. The fourth-order valence-electron chi connectivity index (χ4n) is 3.63. The number of nitrogens with one attached hydrogen (secondary N) is 1. The van der Waals surface area contributed by atoms with E-state index in [-0.39, 0.29) is 0 Å². The van der Waals surface area contributed by atoms with Crippen molar-refractivity contribution in [1.82, 2.24) is 15.1 Å². The van der Waals surface area contributed by atoms with Crippen LogP contribution < -0.4 is 5.32 Å². The van der Waals surface area contributed by atoms with E-state index in [1.165, 1.54) is 43.5 Å². The van der Waals surface area contributed by atoms with E-state index in [0.29, 0.717) is 0 Å². The topological polar surface area (TPSA) is 31.6 Å². The molecule has 4 rings (SSSR count). The monoisotopic (exact) mass is 285 g/mol. The molecule has 1 aromatic carbocycles. The minimum atomic E-state index is 0.766. The maximum atomic E-state index is 5.65. The molecule has 4 heteroatoms. The molecule has 112 valence electrons. The minimum Gasteiger partial charge on any atom is -0.464 e. The predicted molar refractivity (Wildman–Crippen MR) is 84.3 cm³/mol. The molecule has 2 saturated heterocycles. The summed E-state index contributed by atoms with van der Waals surface area (Å²) in [6, 6.07) is 9.09. The van der Waals surface area contributed by atoms with Crippen molar-refractivity contribution in [2.75, 3.05) is 39.3 Å². The summed E-state index contributed by atoms with van der Waals surface area (Å²) in [7, 11) is 0. The van der Waals surface area contributed by atoms with E-state index in [4.69, 9.17) is 4.42 Å². The number of hydrogen-bond acceptors (Lipinski definition) is 4.